The fourth-order valence-electron chi connectivity index (χ4n) is 3.65. The van der Waals surface area contributed by atoms with Gasteiger partial charge in [0.25, 0.3) is 0 Å². The maximum Gasteiger partial charge on any atom is 0.230 e. The van der Waals surface area contributed by atoms with Crippen molar-refractivity contribution in [2.75, 3.05) is 31.1 Å². The molecule has 0 spiro atoms. The summed E-state index contributed by atoms with van der Waals surface area (Å²) in [6.45, 7) is 8.58. The minimum atomic E-state index is -0.240. The normalized spacial score (nSPS) is 16.3. The van der Waals surface area contributed by atoms with Crippen LogP contribution in [0.4, 0.5) is 5.82 Å². The number of piperazine rings is 1. The smallest absolute Gasteiger partial charge is 0.230 e. The predicted molar refractivity (Wildman–Crippen MR) is 101 cm³/mol. The van der Waals surface area contributed by atoms with Gasteiger partial charge in [-0.15, -0.1) is 11.3 Å². The second-order valence-corrected chi connectivity index (χ2v) is 7.52. The van der Waals surface area contributed by atoms with Crippen LogP contribution in [0.2, 0.25) is 0 Å². The molecule has 1 aliphatic heterocycles. The van der Waals surface area contributed by atoms with Gasteiger partial charge in [0.15, 0.2) is 0 Å². The highest BCUT2D eigenvalue weighted by Gasteiger charge is 2.30. The third-order valence-electron chi connectivity index (χ3n) is 5.01. The van der Waals surface area contributed by atoms with E-state index in [1.54, 1.807) is 17.7 Å². The quantitative estimate of drug-likeness (QED) is 0.705. The summed E-state index contributed by atoms with van der Waals surface area (Å²) >= 11 is 1.66. The number of hydrogen-bond acceptors (Lipinski definition) is 7. The van der Waals surface area contributed by atoms with Crippen LogP contribution in [-0.4, -0.2) is 52.1 Å². The minimum Gasteiger partial charge on any atom is -0.361 e. The van der Waals surface area contributed by atoms with E-state index in [1.165, 1.54) is 0 Å². The molecule has 3 aromatic heterocycles. The van der Waals surface area contributed by atoms with E-state index in [0.717, 1.165) is 46.1 Å². The molecular formula is C18H21N5O2S. The average Bonchev–Trinajstić information content (AvgIpc) is 3.27. The maximum atomic E-state index is 12.9. The maximum absolute atomic E-state index is 12.9. The Balaban J connectivity index is 1.47. The van der Waals surface area contributed by atoms with Crippen LogP contribution in [0.5, 0.6) is 0 Å². The Morgan fingerprint density at radius 1 is 1.23 bits per heavy atom. The van der Waals surface area contributed by atoms with Gasteiger partial charge < -0.3 is 14.3 Å². The average molecular weight is 371 g/mol. The number of carbonyl (C=O) groups is 1. The molecule has 0 N–H and O–H groups in total. The number of fused-ring (bicyclic) bond motifs is 1. The molecule has 0 radical (unpaired) electrons. The summed E-state index contributed by atoms with van der Waals surface area (Å²) in [6.07, 6.45) is 1.61. The van der Waals surface area contributed by atoms with E-state index in [-0.39, 0.29) is 11.8 Å². The molecule has 7 nitrogen and oxygen atoms in total. The molecule has 0 aromatic carbocycles. The lowest BCUT2D eigenvalue weighted by Crippen LogP contribution is -2.50. The van der Waals surface area contributed by atoms with Gasteiger partial charge in [0.05, 0.1) is 21.8 Å². The summed E-state index contributed by atoms with van der Waals surface area (Å²) in [7, 11) is 0. The van der Waals surface area contributed by atoms with Gasteiger partial charge in [-0.3, -0.25) is 4.79 Å². The van der Waals surface area contributed by atoms with Gasteiger partial charge in [0.2, 0.25) is 5.91 Å². The SMILES string of the molecule is Cc1noc(C)c1C(C)C(=O)N1CCN(c2ncnc3ccsc23)CC1. The first-order chi connectivity index (χ1) is 12.6. The van der Waals surface area contributed by atoms with Gasteiger partial charge in [-0.05, 0) is 32.2 Å². The van der Waals surface area contributed by atoms with E-state index < -0.39 is 0 Å². The molecule has 4 heterocycles. The molecule has 1 unspecified atom stereocenters. The van der Waals surface area contributed by atoms with Gasteiger partial charge in [0.1, 0.15) is 17.9 Å². The number of aromatic nitrogens is 3. The standard InChI is InChI=1S/C18H21N5O2S/c1-11(15-12(2)21-25-13(15)3)18(24)23-7-5-22(6-8-23)17-16-14(4-9-26-16)19-10-20-17/h4,9-11H,5-8H2,1-3H3. The van der Waals surface area contributed by atoms with Crippen molar-refractivity contribution in [1.29, 1.82) is 0 Å². The van der Waals surface area contributed by atoms with Crippen molar-refractivity contribution in [2.45, 2.75) is 26.7 Å². The Hall–Kier alpha value is -2.48. The minimum absolute atomic E-state index is 0.128. The first-order valence-corrected chi connectivity index (χ1v) is 9.59. The fraction of sp³-hybridized carbons (Fsp3) is 0.444. The monoisotopic (exact) mass is 371 g/mol. The number of thiophene rings is 1. The molecule has 136 valence electrons. The first-order valence-electron chi connectivity index (χ1n) is 8.71. The molecular weight excluding hydrogens is 350 g/mol. The van der Waals surface area contributed by atoms with E-state index >= 15 is 0 Å². The van der Waals surface area contributed by atoms with Gasteiger partial charge in [0, 0.05) is 31.7 Å². The van der Waals surface area contributed by atoms with Gasteiger partial charge >= 0.3 is 0 Å². The Morgan fingerprint density at radius 2 is 2.00 bits per heavy atom. The summed E-state index contributed by atoms with van der Waals surface area (Å²) in [5.74, 6) is 1.58. The van der Waals surface area contributed by atoms with Crippen molar-refractivity contribution < 1.29 is 9.32 Å². The van der Waals surface area contributed by atoms with Crippen molar-refractivity contribution in [3.05, 3.63) is 34.8 Å². The van der Waals surface area contributed by atoms with Crippen LogP contribution in [0.1, 0.15) is 29.9 Å². The zero-order chi connectivity index (χ0) is 18.3. The summed E-state index contributed by atoms with van der Waals surface area (Å²) in [4.78, 5) is 25.9. The number of hydrogen-bond donors (Lipinski definition) is 0. The lowest BCUT2D eigenvalue weighted by atomic mass is 9.97. The summed E-state index contributed by atoms with van der Waals surface area (Å²) in [5.41, 5.74) is 2.68. The van der Waals surface area contributed by atoms with Crippen LogP contribution in [0.3, 0.4) is 0 Å². The second kappa shape index (κ2) is 6.68. The lowest BCUT2D eigenvalue weighted by Gasteiger charge is -2.36. The number of aryl methyl sites for hydroxylation is 2. The molecule has 1 saturated heterocycles. The summed E-state index contributed by atoms with van der Waals surface area (Å²) in [6, 6.07) is 2.01. The number of rotatable bonds is 3. The molecule has 4 rings (SSSR count). The highest BCUT2D eigenvalue weighted by Crippen LogP contribution is 2.29. The number of amides is 1. The molecule has 1 aliphatic rings. The Kier molecular flexibility index (Phi) is 4.36. The van der Waals surface area contributed by atoms with E-state index in [0.29, 0.717) is 13.1 Å². The van der Waals surface area contributed by atoms with Crippen LogP contribution >= 0.6 is 11.3 Å². The number of carbonyl (C=O) groups excluding carboxylic acids is 1. The van der Waals surface area contributed by atoms with E-state index in [2.05, 4.69) is 20.0 Å². The third-order valence-corrected chi connectivity index (χ3v) is 5.91. The van der Waals surface area contributed by atoms with Crippen LogP contribution in [-0.2, 0) is 4.79 Å². The molecule has 0 bridgehead atoms. The van der Waals surface area contributed by atoms with E-state index in [9.17, 15) is 4.79 Å². The predicted octanol–water partition coefficient (Wildman–Crippen LogP) is 2.75. The second-order valence-electron chi connectivity index (χ2n) is 6.60. The highest BCUT2D eigenvalue weighted by atomic mass is 32.1. The van der Waals surface area contributed by atoms with Crippen molar-refractivity contribution in [3.8, 4) is 0 Å². The van der Waals surface area contributed by atoms with Crippen LogP contribution < -0.4 is 4.90 Å². The molecule has 0 saturated carbocycles. The molecule has 1 atom stereocenters. The number of nitrogens with zero attached hydrogens (tertiary/aromatic N) is 5. The third kappa shape index (κ3) is 2.84. The fourth-order valence-corrected chi connectivity index (χ4v) is 4.51. The summed E-state index contributed by atoms with van der Waals surface area (Å²) < 4.78 is 6.33. The Labute approximate surface area is 155 Å². The van der Waals surface area contributed by atoms with Crippen molar-refractivity contribution in [1.82, 2.24) is 20.0 Å². The van der Waals surface area contributed by atoms with Crippen LogP contribution in [0.25, 0.3) is 10.2 Å². The van der Waals surface area contributed by atoms with Crippen LogP contribution in [0, 0.1) is 13.8 Å². The molecule has 8 heteroatoms. The number of anilines is 1. The molecule has 26 heavy (non-hydrogen) atoms. The van der Waals surface area contributed by atoms with Gasteiger partial charge in [-0.1, -0.05) is 5.16 Å². The van der Waals surface area contributed by atoms with Crippen molar-refractivity contribution >= 4 is 33.3 Å². The zero-order valence-corrected chi connectivity index (χ0v) is 15.9. The molecule has 1 amide bonds. The summed E-state index contributed by atoms with van der Waals surface area (Å²) in [5, 5.41) is 6.01. The molecule has 1 fully saturated rings. The topological polar surface area (TPSA) is 75.4 Å². The largest absolute Gasteiger partial charge is 0.361 e. The van der Waals surface area contributed by atoms with Crippen LogP contribution in [0.15, 0.2) is 22.3 Å². The Bertz CT molecular complexity index is 923. The first kappa shape index (κ1) is 17.0. The zero-order valence-electron chi connectivity index (χ0n) is 15.1. The van der Waals surface area contributed by atoms with E-state index in [4.69, 9.17) is 4.52 Å². The van der Waals surface area contributed by atoms with Gasteiger partial charge in [-0.25, -0.2) is 9.97 Å². The lowest BCUT2D eigenvalue weighted by molar-refractivity contribution is -0.132. The highest BCUT2D eigenvalue weighted by molar-refractivity contribution is 7.17. The molecule has 0 aliphatic carbocycles. The van der Waals surface area contributed by atoms with Crippen molar-refractivity contribution in [2.24, 2.45) is 0 Å². The molecule has 3 aromatic rings. The van der Waals surface area contributed by atoms with Gasteiger partial charge in [-0.2, -0.15) is 0 Å². The Morgan fingerprint density at radius 3 is 2.69 bits per heavy atom. The van der Waals surface area contributed by atoms with E-state index in [1.807, 2.05) is 37.1 Å². The van der Waals surface area contributed by atoms with Crippen molar-refractivity contribution in [3.63, 3.8) is 0 Å².